The van der Waals surface area contributed by atoms with Crippen molar-refractivity contribution in [1.29, 1.82) is 0 Å². The molecule has 2 rings (SSSR count). The molecule has 1 N–H and O–H groups in total. The van der Waals surface area contributed by atoms with E-state index in [1.165, 1.54) is 10.9 Å². The second-order valence-corrected chi connectivity index (χ2v) is 6.71. The quantitative estimate of drug-likeness (QED) is 0.625. The van der Waals surface area contributed by atoms with Crippen molar-refractivity contribution in [2.24, 2.45) is 7.05 Å². The zero-order valence-electron chi connectivity index (χ0n) is 9.87. The molecule has 0 spiro atoms. The SMILES string of the molecule is Cn1cc([N+](=O)[O-])c(NCC2CCCS2(=O)=O)n1. The molecule has 0 bridgehead atoms. The highest BCUT2D eigenvalue weighted by atomic mass is 32.2. The number of aryl methyl sites for hydroxylation is 1. The van der Waals surface area contributed by atoms with Gasteiger partial charge in [0.15, 0.2) is 9.84 Å². The smallest absolute Gasteiger partial charge is 0.330 e. The van der Waals surface area contributed by atoms with Gasteiger partial charge in [0.25, 0.3) is 0 Å². The van der Waals surface area contributed by atoms with Crippen LogP contribution < -0.4 is 5.32 Å². The lowest BCUT2D eigenvalue weighted by Crippen LogP contribution is -2.25. The molecule has 0 amide bonds. The van der Waals surface area contributed by atoms with Crippen molar-refractivity contribution in [1.82, 2.24) is 9.78 Å². The lowest BCUT2D eigenvalue weighted by molar-refractivity contribution is -0.384. The summed E-state index contributed by atoms with van der Waals surface area (Å²) < 4.78 is 24.5. The summed E-state index contributed by atoms with van der Waals surface area (Å²) in [6.45, 7) is 0.167. The minimum atomic E-state index is -3.05. The van der Waals surface area contributed by atoms with Gasteiger partial charge >= 0.3 is 5.69 Å². The van der Waals surface area contributed by atoms with Gasteiger partial charge in [-0.2, -0.15) is 0 Å². The third-order valence-corrected chi connectivity index (χ3v) is 5.24. The molecule has 0 saturated carbocycles. The molecule has 1 fully saturated rings. The lowest BCUT2D eigenvalue weighted by atomic mass is 10.2. The Morgan fingerprint density at radius 2 is 2.39 bits per heavy atom. The first-order valence-corrected chi connectivity index (χ1v) is 7.25. The Hall–Kier alpha value is -1.64. The van der Waals surface area contributed by atoms with Crippen LogP contribution >= 0.6 is 0 Å². The van der Waals surface area contributed by atoms with Gasteiger partial charge in [0, 0.05) is 13.6 Å². The average Bonchev–Trinajstić information content (AvgIpc) is 2.78. The number of sulfone groups is 1. The van der Waals surface area contributed by atoms with Crippen molar-refractivity contribution in [3.63, 3.8) is 0 Å². The van der Waals surface area contributed by atoms with Crippen LogP contribution in [0.25, 0.3) is 0 Å². The minimum Gasteiger partial charge on any atom is -0.362 e. The fourth-order valence-corrected chi connectivity index (χ4v) is 3.80. The first-order chi connectivity index (χ1) is 8.40. The number of anilines is 1. The molecule has 1 aromatic rings. The van der Waals surface area contributed by atoms with Crippen molar-refractivity contribution in [2.75, 3.05) is 17.6 Å². The maximum absolute atomic E-state index is 11.6. The second kappa shape index (κ2) is 4.56. The fraction of sp³-hybridized carbons (Fsp3) is 0.667. The molecule has 1 aromatic heterocycles. The van der Waals surface area contributed by atoms with E-state index >= 15 is 0 Å². The van der Waals surface area contributed by atoms with Crippen molar-refractivity contribution in [3.05, 3.63) is 16.3 Å². The van der Waals surface area contributed by atoms with Crippen LogP contribution in [-0.2, 0) is 16.9 Å². The summed E-state index contributed by atoms with van der Waals surface area (Å²) in [6.07, 6.45) is 2.53. The molecule has 1 aliphatic rings. The molecule has 2 heterocycles. The third kappa shape index (κ3) is 2.45. The van der Waals surface area contributed by atoms with Gasteiger partial charge in [-0.1, -0.05) is 0 Å². The Labute approximate surface area is 104 Å². The molecular weight excluding hydrogens is 260 g/mol. The standard InChI is InChI=1S/C9H14N4O4S/c1-12-6-8(13(14)15)9(11-12)10-5-7-3-2-4-18(7,16)17/h6-7H,2-5H2,1H3,(H,10,11). The minimum absolute atomic E-state index is 0.115. The predicted octanol–water partition coefficient (Wildman–Crippen LogP) is 0.317. The summed E-state index contributed by atoms with van der Waals surface area (Å²) in [6, 6.07) is 0. The number of nitrogens with one attached hydrogen (secondary N) is 1. The zero-order chi connectivity index (χ0) is 13.3. The second-order valence-electron chi connectivity index (χ2n) is 4.31. The van der Waals surface area contributed by atoms with E-state index in [1.807, 2.05) is 0 Å². The molecule has 9 heteroatoms. The van der Waals surface area contributed by atoms with Gasteiger partial charge in [-0.15, -0.1) is 5.10 Å². The Bertz CT molecular complexity index is 565. The highest BCUT2D eigenvalue weighted by Crippen LogP contribution is 2.24. The van der Waals surface area contributed by atoms with Crippen LogP contribution in [0.15, 0.2) is 6.20 Å². The number of nitro groups is 1. The molecule has 0 radical (unpaired) electrons. The molecule has 1 unspecified atom stereocenters. The van der Waals surface area contributed by atoms with E-state index in [-0.39, 0.29) is 23.8 Å². The van der Waals surface area contributed by atoms with E-state index in [0.717, 1.165) is 0 Å². The first kappa shape index (κ1) is 12.8. The van der Waals surface area contributed by atoms with E-state index in [2.05, 4.69) is 10.4 Å². The number of hydrogen-bond acceptors (Lipinski definition) is 6. The van der Waals surface area contributed by atoms with Crippen LogP contribution in [0.4, 0.5) is 11.5 Å². The van der Waals surface area contributed by atoms with E-state index in [9.17, 15) is 18.5 Å². The van der Waals surface area contributed by atoms with Gasteiger partial charge < -0.3 is 5.32 Å². The van der Waals surface area contributed by atoms with Crippen molar-refractivity contribution < 1.29 is 13.3 Å². The predicted molar refractivity (Wildman–Crippen MR) is 65.2 cm³/mol. The van der Waals surface area contributed by atoms with Crippen LogP contribution in [-0.4, -0.2) is 40.7 Å². The topological polar surface area (TPSA) is 107 Å². The first-order valence-electron chi connectivity index (χ1n) is 5.53. The Kier molecular flexibility index (Phi) is 3.24. The Balaban J connectivity index is 2.09. The van der Waals surface area contributed by atoms with Gasteiger partial charge in [0.05, 0.1) is 15.9 Å². The maximum atomic E-state index is 11.6. The monoisotopic (exact) mass is 274 g/mol. The third-order valence-electron chi connectivity index (χ3n) is 2.97. The number of aromatic nitrogens is 2. The molecule has 0 aliphatic carbocycles. The zero-order valence-corrected chi connectivity index (χ0v) is 10.7. The van der Waals surface area contributed by atoms with E-state index in [1.54, 1.807) is 7.05 Å². The molecule has 0 aromatic carbocycles. The Morgan fingerprint density at radius 1 is 1.67 bits per heavy atom. The van der Waals surface area contributed by atoms with Crippen LogP contribution in [0, 0.1) is 10.1 Å². The largest absolute Gasteiger partial charge is 0.362 e. The molecule has 1 atom stereocenters. The van der Waals surface area contributed by atoms with Gasteiger partial charge in [-0.25, -0.2) is 8.42 Å². The van der Waals surface area contributed by atoms with Gasteiger partial charge in [0.1, 0.15) is 6.20 Å². The molecule has 18 heavy (non-hydrogen) atoms. The van der Waals surface area contributed by atoms with Crippen LogP contribution in [0.1, 0.15) is 12.8 Å². The Morgan fingerprint density at radius 3 is 2.94 bits per heavy atom. The van der Waals surface area contributed by atoms with Gasteiger partial charge in [0.2, 0.25) is 5.82 Å². The van der Waals surface area contributed by atoms with E-state index in [4.69, 9.17) is 0 Å². The highest BCUT2D eigenvalue weighted by Gasteiger charge is 2.31. The lowest BCUT2D eigenvalue weighted by Gasteiger charge is -2.09. The summed E-state index contributed by atoms with van der Waals surface area (Å²) in [5, 5.41) is 16.9. The summed E-state index contributed by atoms with van der Waals surface area (Å²) in [5.74, 6) is 0.313. The molecule has 1 saturated heterocycles. The van der Waals surface area contributed by atoms with Gasteiger partial charge in [-0.05, 0) is 12.8 Å². The molecule has 100 valence electrons. The normalized spacial score (nSPS) is 21.9. The summed E-state index contributed by atoms with van der Waals surface area (Å²) in [4.78, 5) is 10.2. The van der Waals surface area contributed by atoms with Gasteiger partial charge in [-0.3, -0.25) is 14.8 Å². The summed E-state index contributed by atoms with van der Waals surface area (Å²) in [5.41, 5.74) is -0.145. The van der Waals surface area contributed by atoms with Crippen molar-refractivity contribution in [2.45, 2.75) is 18.1 Å². The van der Waals surface area contributed by atoms with Crippen molar-refractivity contribution >= 4 is 21.3 Å². The van der Waals surface area contributed by atoms with E-state index in [0.29, 0.717) is 12.8 Å². The number of nitrogens with zero attached hydrogens (tertiary/aromatic N) is 3. The maximum Gasteiger partial charge on any atom is 0.330 e. The van der Waals surface area contributed by atoms with Crippen LogP contribution in [0.2, 0.25) is 0 Å². The highest BCUT2D eigenvalue weighted by molar-refractivity contribution is 7.92. The van der Waals surface area contributed by atoms with Crippen LogP contribution in [0.3, 0.4) is 0 Å². The average molecular weight is 274 g/mol. The summed E-state index contributed by atoms with van der Waals surface area (Å²) >= 11 is 0. The number of hydrogen-bond donors (Lipinski definition) is 1. The van der Waals surface area contributed by atoms with Crippen LogP contribution in [0.5, 0.6) is 0 Å². The molecular formula is C9H14N4O4S. The van der Waals surface area contributed by atoms with E-state index < -0.39 is 20.0 Å². The molecule has 8 nitrogen and oxygen atoms in total. The molecule has 1 aliphatic heterocycles. The number of rotatable bonds is 4. The summed E-state index contributed by atoms with van der Waals surface area (Å²) in [7, 11) is -1.48. The van der Waals surface area contributed by atoms with Crippen molar-refractivity contribution in [3.8, 4) is 0 Å². The fourth-order valence-electron chi connectivity index (χ4n) is 2.03.